The molecule has 1 N–H and O–H groups in total. The van der Waals surface area contributed by atoms with Gasteiger partial charge in [-0.15, -0.1) is 0 Å². The lowest BCUT2D eigenvalue weighted by atomic mass is 10.4. The van der Waals surface area contributed by atoms with Crippen LogP contribution in [0.25, 0.3) is 0 Å². The smallest absolute Gasteiger partial charge is 0.125 e. The summed E-state index contributed by atoms with van der Waals surface area (Å²) >= 11 is 0. The Labute approximate surface area is 65.7 Å². The summed E-state index contributed by atoms with van der Waals surface area (Å²) in [6.45, 7) is 0.660. The monoisotopic (exact) mass is 147 g/mol. The second-order valence-corrected chi connectivity index (χ2v) is 2.05. The molecule has 1 aromatic rings. The fourth-order valence-corrected chi connectivity index (χ4v) is 0.714. The Morgan fingerprint density at radius 3 is 3.09 bits per heavy atom. The molecule has 0 fully saturated rings. The van der Waals surface area contributed by atoms with E-state index in [1.165, 1.54) is 0 Å². The van der Waals surface area contributed by atoms with Crippen LogP contribution in [0.15, 0.2) is 24.4 Å². The van der Waals surface area contributed by atoms with Crippen molar-refractivity contribution in [2.24, 2.45) is 0 Å². The highest BCUT2D eigenvalue weighted by atomic mass is 15.0. The Morgan fingerprint density at radius 2 is 2.45 bits per heavy atom. The average molecular weight is 147 g/mol. The number of rotatable bonds is 3. The molecule has 0 radical (unpaired) electrons. The van der Waals surface area contributed by atoms with E-state index in [1.807, 2.05) is 24.3 Å². The zero-order valence-corrected chi connectivity index (χ0v) is 6.12. The van der Waals surface area contributed by atoms with Gasteiger partial charge in [0.1, 0.15) is 5.82 Å². The van der Waals surface area contributed by atoms with Gasteiger partial charge in [0.25, 0.3) is 0 Å². The predicted molar refractivity (Wildman–Crippen MR) is 43.0 cm³/mol. The quantitative estimate of drug-likeness (QED) is 0.657. The normalized spacial score (nSPS) is 8.64. The fraction of sp³-hybridized carbons (Fsp3) is 0.250. The third-order valence-electron chi connectivity index (χ3n) is 1.21. The van der Waals surface area contributed by atoms with E-state index in [-0.39, 0.29) is 0 Å². The zero-order valence-electron chi connectivity index (χ0n) is 6.12. The summed E-state index contributed by atoms with van der Waals surface area (Å²) in [5, 5.41) is 11.2. The van der Waals surface area contributed by atoms with Gasteiger partial charge in [-0.2, -0.15) is 5.26 Å². The molecule has 0 unspecified atom stereocenters. The van der Waals surface area contributed by atoms with E-state index >= 15 is 0 Å². The molecule has 11 heavy (non-hydrogen) atoms. The van der Waals surface area contributed by atoms with Gasteiger partial charge in [-0.25, -0.2) is 4.98 Å². The first-order chi connectivity index (χ1) is 5.43. The average Bonchev–Trinajstić information content (AvgIpc) is 2.07. The van der Waals surface area contributed by atoms with E-state index < -0.39 is 0 Å². The van der Waals surface area contributed by atoms with Crippen molar-refractivity contribution < 1.29 is 0 Å². The van der Waals surface area contributed by atoms with Crippen LogP contribution in [-0.4, -0.2) is 11.5 Å². The lowest BCUT2D eigenvalue weighted by Gasteiger charge is -1.99. The number of anilines is 1. The number of pyridine rings is 1. The molecule has 0 spiro atoms. The van der Waals surface area contributed by atoms with Gasteiger partial charge in [0.15, 0.2) is 0 Å². The van der Waals surface area contributed by atoms with Crippen LogP contribution in [0.3, 0.4) is 0 Å². The van der Waals surface area contributed by atoms with Crippen molar-refractivity contribution >= 4 is 5.82 Å². The molecular weight excluding hydrogens is 138 g/mol. The predicted octanol–water partition coefficient (Wildman–Crippen LogP) is 1.41. The van der Waals surface area contributed by atoms with Crippen molar-refractivity contribution in [1.29, 1.82) is 5.26 Å². The Kier molecular flexibility index (Phi) is 2.94. The van der Waals surface area contributed by atoms with E-state index in [2.05, 4.69) is 10.3 Å². The topological polar surface area (TPSA) is 48.7 Å². The fourth-order valence-electron chi connectivity index (χ4n) is 0.714. The number of nitrogens with zero attached hydrogens (tertiary/aromatic N) is 2. The van der Waals surface area contributed by atoms with E-state index in [9.17, 15) is 0 Å². The molecule has 0 aromatic carbocycles. The van der Waals surface area contributed by atoms with E-state index in [0.29, 0.717) is 13.0 Å². The molecule has 0 bridgehead atoms. The molecule has 0 saturated heterocycles. The minimum Gasteiger partial charge on any atom is -0.369 e. The molecule has 3 nitrogen and oxygen atoms in total. The lowest BCUT2D eigenvalue weighted by Crippen LogP contribution is -2.01. The third-order valence-corrected chi connectivity index (χ3v) is 1.21. The van der Waals surface area contributed by atoms with Crippen LogP contribution in [-0.2, 0) is 0 Å². The first-order valence-corrected chi connectivity index (χ1v) is 3.45. The Hall–Kier alpha value is -1.56. The van der Waals surface area contributed by atoms with Crippen LogP contribution in [0.4, 0.5) is 5.82 Å². The maximum atomic E-state index is 8.23. The summed E-state index contributed by atoms with van der Waals surface area (Å²) in [4.78, 5) is 4.03. The van der Waals surface area contributed by atoms with E-state index in [4.69, 9.17) is 5.26 Å². The van der Waals surface area contributed by atoms with Gasteiger partial charge in [-0.05, 0) is 12.1 Å². The SMILES string of the molecule is N#CCCNc1ccccn1. The van der Waals surface area contributed by atoms with Crippen LogP contribution in [0.1, 0.15) is 6.42 Å². The summed E-state index contributed by atoms with van der Waals surface area (Å²) < 4.78 is 0. The van der Waals surface area contributed by atoms with Gasteiger partial charge in [0.2, 0.25) is 0 Å². The van der Waals surface area contributed by atoms with Crippen LogP contribution in [0.2, 0.25) is 0 Å². The molecule has 1 aromatic heterocycles. The third kappa shape index (κ3) is 2.67. The van der Waals surface area contributed by atoms with Crippen molar-refractivity contribution in [2.45, 2.75) is 6.42 Å². The minimum atomic E-state index is 0.510. The van der Waals surface area contributed by atoms with Crippen molar-refractivity contribution in [3.05, 3.63) is 24.4 Å². The summed E-state index contributed by atoms with van der Waals surface area (Å²) in [6, 6.07) is 7.68. The number of hydrogen-bond acceptors (Lipinski definition) is 3. The maximum Gasteiger partial charge on any atom is 0.125 e. The summed E-state index contributed by atoms with van der Waals surface area (Å²) in [7, 11) is 0. The lowest BCUT2D eigenvalue weighted by molar-refractivity contribution is 1.06. The highest BCUT2D eigenvalue weighted by molar-refractivity contribution is 5.32. The Bertz CT molecular complexity index is 237. The van der Waals surface area contributed by atoms with Crippen molar-refractivity contribution in [3.63, 3.8) is 0 Å². The Balaban J connectivity index is 2.35. The Morgan fingerprint density at radius 1 is 1.55 bits per heavy atom. The van der Waals surface area contributed by atoms with Gasteiger partial charge >= 0.3 is 0 Å². The molecule has 0 saturated carbocycles. The molecule has 0 aliphatic heterocycles. The first-order valence-electron chi connectivity index (χ1n) is 3.45. The van der Waals surface area contributed by atoms with Crippen LogP contribution in [0.5, 0.6) is 0 Å². The standard InChI is InChI=1S/C8H9N3/c9-5-3-7-11-8-4-1-2-6-10-8/h1-2,4,6H,3,7H2,(H,10,11). The summed E-state index contributed by atoms with van der Waals surface area (Å²) in [6.07, 6.45) is 2.23. The molecule has 0 amide bonds. The van der Waals surface area contributed by atoms with Crippen LogP contribution < -0.4 is 5.32 Å². The number of aromatic nitrogens is 1. The molecule has 0 aliphatic carbocycles. The minimum absolute atomic E-state index is 0.510. The maximum absolute atomic E-state index is 8.23. The van der Waals surface area contributed by atoms with E-state index in [0.717, 1.165) is 5.82 Å². The van der Waals surface area contributed by atoms with Crippen LogP contribution >= 0.6 is 0 Å². The van der Waals surface area contributed by atoms with Crippen molar-refractivity contribution in [3.8, 4) is 6.07 Å². The second kappa shape index (κ2) is 4.29. The van der Waals surface area contributed by atoms with Gasteiger partial charge < -0.3 is 5.32 Å². The molecule has 3 heteroatoms. The van der Waals surface area contributed by atoms with Gasteiger partial charge in [0, 0.05) is 12.7 Å². The van der Waals surface area contributed by atoms with Gasteiger partial charge in [-0.1, -0.05) is 6.07 Å². The molecule has 56 valence electrons. The summed E-state index contributed by atoms with van der Waals surface area (Å²) in [5.41, 5.74) is 0. The summed E-state index contributed by atoms with van der Waals surface area (Å²) in [5.74, 6) is 0.822. The molecular formula is C8H9N3. The van der Waals surface area contributed by atoms with Crippen molar-refractivity contribution in [1.82, 2.24) is 4.98 Å². The molecule has 1 rings (SSSR count). The highest BCUT2D eigenvalue weighted by Gasteiger charge is 1.87. The van der Waals surface area contributed by atoms with Crippen molar-refractivity contribution in [2.75, 3.05) is 11.9 Å². The number of nitrogens with one attached hydrogen (secondary N) is 1. The molecule has 0 aliphatic rings. The first kappa shape index (κ1) is 7.55. The highest BCUT2D eigenvalue weighted by Crippen LogP contribution is 1.98. The number of hydrogen-bond donors (Lipinski definition) is 1. The largest absolute Gasteiger partial charge is 0.369 e. The second-order valence-electron chi connectivity index (χ2n) is 2.05. The van der Waals surface area contributed by atoms with E-state index in [1.54, 1.807) is 6.20 Å². The van der Waals surface area contributed by atoms with Gasteiger partial charge in [0.05, 0.1) is 12.5 Å². The molecule has 1 heterocycles. The van der Waals surface area contributed by atoms with Gasteiger partial charge in [-0.3, -0.25) is 0 Å². The van der Waals surface area contributed by atoms with Crippen LogP contribution in [0, 0.1) is 11.3 Å². The zero-order chi connectivity index (χ0) is 7.94. The number of nitriles is 1. The molecule has 0 atom stereocenters.